The molecular formula is C37H47N7O3. The lowest BCUT2D eigenvalue weighted by Crippen LogP contribution is -2.41. The lowest BCUT2D eigenvalue weighted by atomic mass is 9.88. The van der Waals surface area contributed by atoms with Crippen LogP contribution in [0, 0.1) is 11.8 Å². The Hall–Kier alpha value is -3.89. The number of carbonyl (C=O) groups is 2. The van der Waals surface area contributed by atoms with E-state index in [-0.39, 0.29) is 23.9 Å². The van der Waals surface area contributed by atoms with Gasteiger partial charge >= 0.3 is 0 Å². The molecule has 0 spiro atoms. The number of aryl methyl sites for hydroxylation is 1. The number of para-hydroxylation sites is 1. The van der Waals surface area contributed by atoms with Crippen LogP contribution in [0.4, 0.5) is 0 Å². The van der Waals surface area contributed by atoms with E-state index in [1.807, 2.05) is 31.1 Å². The quantitative estimate of drug-likeness (QED) is 0.307. The maximum absolute atomic E-state index is 13.8. The van der Waals surface area contributed by atoms with Gasteiger partial charge in [-0.15, -0.1) is 0 Å². The molecule has 2 aliphatic carbocycles. The van der Waals surface area contributed by atoms with E-state index in [1.54, 1.807) is 12.0 Å². The van der Waals surface area contributed by atoms with Gasteiger partial charge in [0.15, 0.2) is 5.82 Å². The zero-order valence-corrected chi connectivity index (χ0v) is 28.1. The number of piperidine rings is 2. The summed E-state index contributed by atoms with van der Waals surface area (Å²) in [6.07, 6.45) is 6.66. The highest BCUT2D eigenvalue weighted by Gasteiger charge is 2.47. The number of likely N-dealkylation sites (N-methyl/N-ethyl adjacent to an activating group) is 1. The van der Waals surface area contributed by atoms with Crippen molar-refractivity contribution in [3.05, 3.63) is 47.5 Å². The number of fused-ring (bicyclic) bond motifs is 4. The van der Waals surface area contributed by atoms with Gasteiger partial charge in [0.1, 0.15) is 11.3 Å². The third-order valence-electron chi connectivity index (χ3n) is 11.5. The van der Waals surface area contributed by atoms with E-state index in [1.165, 1.54) is 29.3 Å². The van der Waals surface area contributed by atoms with E-state index in [0.717, 1.165) is 74.4 Å². The normalized spacial score (nSPS) is 23.3. The lowest BCUT2D eigenvalue weighted by molar-refractivity contribution is -0.130. The van der Waals surface area contributed by atoms with E-state index < -0.39 is 0 Å². The lowest BCUT2D eigenvalue weighted by Gasteiger charge is -2.32. The second-order valence-corrected chi connectivity index (χ2v) is 14.7. The van der Waals surface area contributed by atoms with Gasteiger partial charge in [0.05, 0.1) is 30.4 Å². The second-order valence-electron chi connectivity index (χ2n) is 14.7. The fourth-order valence-corrected chi connectivity index (χ4v) is 8.62. The van der Waals surface area contributed by atoms with Crippen molar-refractivity contribution in [2.75, 3.05) is 47.4 Å². The topological polar surface area (TPSA) is 102 Å². The molecule has 2 aliphatic heterocycles. The number of ether oxygens (including phenoxy) is 1. The standard InChI is InChI=1S/C37H47N7O3/c1-40(2)32(45)21-42-14-12-23(13-15-42)27-7-5-6-24-17-30(43(34(24)27)19-22-8-9-22)36-39-28-16-26(18-31(47-4)35(28)41(36)3)37(46)44-20-25-10-11-29(44)33(25)38/h5-7,16-18,22-23,25,29,33H,8-15,19-21,38H2,1-4H3/t25-,29-,33-/m1/s1. The SMILES string of the molecule is COc1cc(C(=O)N2C[C@H]3CC[C@@H]2[C@@H]3N)cc2nc(-c3cc4cccc(C5CCN(CC(=O)N(C)C)CC5)c4n3CC3CC3)n(C)c12. The molecule has 3 atom stereocenters. The zero-order valence-electron chi connectivity index (χ0n) is 28.1. The molecule has 10 nitrogen and oxygen atoms in total. The van der Waals surface area contributed by atoms with Crippen molar-refractivity contribution in [3.63, 3.8) is 0 Å². The molecule has 4 fully saturated rings. The van der Waals surface area contributed by atoms with Crippen LogP contribution in [0.1, 0.15) is 60.4 Å². The van der Waals surface area contributed by atoms with Crippen LogP contribution in [-0.2, 0) is 18.4 Å². The number of nitrogens with two attached hydrogens (primary N) is 1. The molecule has 2 amide bonds. The monoisotopic (exact) mass is 637 g/mol. The zero-order chi connectivity index (χ0) is 32.6. The first-order valence-corrected chi connectivity index (χ1v) is 17.4. The Morgan fingerprint density at radius 2 is 1.81 bits per heavy atom. The van der Waals surface area contributed by atoms with Gasteiger partial charge < -0.3 is 29.4 Å². The van der Waals surface area contributed by atoms with Crippen LogP contribution in [0.3, 0.4) is 0 Å². The average Bonchev–Trinajstić information content (AvgIpc) is 3.46. The molecule has 4 aromatic rings. The first kappa shape index (κ1) is 30.4. The van der Waals surface area contributed by atoms with Gasteiger partial charge in [-0.25, -0.2) is 4.98 Å². The Bertz CT molecular complexity index is 1860. The molecule has 8 rings (SSSR count). The Morgan fingerprint density at radius 3 is 2.47 bits per heavy atom. The molecule has 2 saturated heterocycles. The third-order valence-corrected chi connectivity index (χ3v) is 11.5. The van der Waals surface area contributed by atoms with E-state index >= 15 is 0 Å². The summed E-state index contributed by atoms with van der Waals surface area (Å²) in [6.45, 7) is 4.03. The Kier molecular flexibility index (Phi) is 7.56. The summed E-state index contributed by atoms with van der Waals surface area (Å²) in [6, 6.07) is 13.0. The minimum absolute atomic E-state index is 0.0182. The van der Waals surface area contributed by atoms with Crippen LogP contribution in [-0.4, -0.2) is 100 Å². The number of amides is 2. The fourth-order valence-electron chi connectivity index (χ4n) is 8.62. The first-order valence-electron chi connectivity index (χ1n) is 17.4. The number of likely N-dealkylation sites (tertiary alicyclic amines) is 2. The van der Waals surface area contributed by atoms with Crippen molar-refractivity contribution in [3.8, 4) is 17.3 Å². The molecule has 4 heterocycles. The Balaban J connectivity index is 1.16. The number of rotatable bonds is 8. The number of aromatic nitrogens is 3. The van der Waals surface area contributed by atoms with Gasteiger partial charge in [-0.05, 0) is 93.1 Å². The van der Waals surface area contributed by atoms with Crippen LogP contribution < -0.4 is 10.5 Å². The molecule has 2 aromatic carbocycles. The van der Waals surface area contributed by atoms with Crippen molar-refractivity contribution in [1.29, 1.82) is 0 Å². The van der Waals surface area contributed by atoms with Crippen LogP contribution >= 0.6 is 0 Å². The van der Waals surface area contributed by atoms with E-state index in [2.05, 4.69) is 45.3 Å². The predicted molar refractivity (Wildman–Crippen MR) is 184 cm³/mol. The molecule has 2 bridgehead atoms. The average molecular weight is 638 g/mol. The fraction of sp³-hybridized carbons (Fsp3) is 0.541. The number of benzene rings is 2. The van der Waals surface area contributed by atoms with Crippen molar-refractivity contribution in [2.24, 2.45) is 24.6 Å². The van der Waals surface area contributed by atoms with Crippen LogP contribution in [0.15, 0.2) is 36.4 Å². The molecular weight excluding hydrogens is 590 g/mol. The van der Waals surface area contributed by atoms with Crippen molar-refractivity contribution < 1.29 is 14.3 Å². The smallest absolute Gasteiger partial charge is 0.254 e. The largest absolute Gasteiger partial charge is 0.494 e. The summed E-state index contributed by atoms with van der Waals surface area (Å²) in [5.74, 6) is 3.23. The van der Waals surface area contributed by atoms with Crippen LogP contribution in [0.5, 0.6) is 5.75 Å². The van der Waals surface area contributed by atoms with Gasteiger partial charge in [0, 0.05) is 57.3 Å². The van der Waals surface area contributed by atoms with Gasteiger partial charge in [-0.2, -0.15) is 0 Å². The third kappa shape index (κ3) is 5.20. The van der Waals surface area contributed by atoms with Gasteiger partial charge in [-0.1, -0.05) is 18.2 Å². The second kappa shape index (κ2) is 11.7. The maximum atomic E-state index is 13.8. The Labute approximate surface area is 276 Å². The molecule has 2 aromatic heterocycles. The van der Waals surface area contributed by atoms with Gasteiger partial charge in [0.25, 0.3) is 5.91 Å². The molecule has 47 heavy (non-hydrogen) atoms. The number of hydrogen-bond donors (Lipinski definition) is 1. The molecule has 2 saturated carbocycles. The number of hydrogen-bond acceptors (Lipinski definition) is 6. The van der Waals surface area contributed by atoms with E-state index in [4.69, 9.17) is 15.5 Å². The van der Waals surface area contributed by atoms with Crippen molar-refractivity contribution in [2.45, 2.75) is 63.1 Å². The maximum Gasteiger partial charge on any atom is 0.254 e. The predicted octanol–water partition coefficient (Wildman–Crippen LogP) is 4.44. The summed E-state index contributed by atoms with van der Waals surface area (Å²) in [4.78, 5) is 37.3. The highest BCUT2D eigenvalue weighted by Crippen LogP contribution is 2.42. The van der Waals surface area contributed by atoms with E-state index in [0.29, 0.717) is 35.6 Å². The molecule has 0 radical (unpaired) electrons. The Morgan fingerprint density at radius 1 is 1.02 bits per heavy atom. The van der Waals surface area contributed by atoms with Gasteiger partial charge in [-0.3, -0.25) is 14.5 Å². The summed E-state index contributed by atoms with van der Waals surface area (Å²) >= 11 is 0. The molecule has 10 heteroatoms. The summed E-state index contributed by atoms with van der Waals surface area (Å²) < 4.78 is 10.6. The molecule has 0 unspecified atom stereocenters. The number of methoxy groups -OCH3 is 1. The van der Waals surface area contributed by atoms with Crippen molar-refractivity contribution >= 4 is 33.8 Å². The van der Waals surface area contributed by atoms with E-state index in [9.17, 15) is 9.59 Å². The summed E-state index contributed by atoms with van der Waals surface area (Å²) in [7, 11) is 7.38. The van der Waals surface area contributed by atoms with Gasteiger partial charge in [0.2, 0.25) is 5.91 Å². The van der Waals surface area contributed by atoms with Crippen molar-refractivity contribution in [1.82, 2.24) is 28.8 Å². The first-order chi connectivity index (χ1) is 22.7. The number of imidazole rings is 1. The highest BCUT2D eigenvalue weighted by atomic mass is 16.5. The molecule has 2 N–H and O–H groups in total. The molecule has 248 valence electrons. The minimum atomic E-state index is 0.0182. The number of nitrogens with zero attached hydrogens (tertiary/aromatic N) is 6. The van der Waals surface area contributed by atoms with Crippen LogP contribution in [0.2, 0.25) is 0 Å². The number of carbonyl (C=O) groups excluding carboxylic acids is 2. The highest BCUT2D eigenvalue weighted by molar-refractivity contribution is 6.00. The van der Waals surface area contributed by atoms with Crippen LogP contribution in [0.25, 0.3) is 33.5 Å². The molecule has 4 aliphatic rings. The minimum Gasteiger partial charge on any atom is -0.494 e. The summed E-state index contributed by atoms with van der Waals surface area (Å²) in [5, 5.41) is 1.23. The summed E-state index contributed by atoms with van der Waals surface area (Å²) in [5.41, 5.74) is 12.5.